The van der Waals surface area contributed by atoms with Crippen LogP contribution in [0.15, 0.2) is 34.9 Å². The highest BCUT2D eigenvalue weighted by Crippen LogP contribution is 2.42. The molecule has 2 aromatic carbocycles. The molecule has 4 aromatic rings. The Morgan fingerprint density at radius 3 is 2.55 bits per heavy atom. The van der Waals surface area contributed by atoms with Crippen LogP contribution in [0, 0.1) is 25.5 Å². The van der Waals surface area contributed by atoms with Crippen LogP contribution >= 0.6 is 0 Å². The average molecular weight is 611 g/mol. The number of oxazole rings is 1. The molecule has 1 unspecified atom stereocenters. The van der Waals surface area contributed by atoms with E-state index < -0.39 is 41.3 Å². The van der Waals surface area contributed by atoms with Crippen molar-refractivity contribution in [1.82, 2.24) is 19.7 Å². The third-order valence-electron chi connectivity index (χ3n) is 7.37. The summed E-state index contributed by atoms with van der Waals surface area (Å²) in [7, 11) is 1.53. The number of aromatic nitrogens is 4. The Bertz CT molecular complexity index is 1720. The molecule has 0 amide bonds. The van der Waals surface area contributed by atoms with Gasteiger partial charge >= 0.3 is 11.9 Å². The summed E-state index contributed by atoms with van der Waals surface area (Å²) in [4.78, 5) is 30.2. The second kappa shape index (κ2) is 12.4. The molecule has 1 aliphatic rings. The monoisotopic (exact) mass is 610 g/mol. The lowest BCUT2D eigenvalue weighted by atomic mass is 9.92. The summed E-state index contributed by atoms with van der Waals surface area (Å²) in [5.41, 5.74) is -1.11. The Morgan fingerprint density at radius 1 is 1.09 bits per heavy atom. The van der Waals surface area contributed by atoms with Gasteiger partial charge < -0.3 is 27.9 Å². The molecule has 0 fully saturated rings. The SMILES string of the molecule is CCOC(=O)Cc1cc(F)c(C)c(F)c1OC1(C(=O)OCC)CCCn2c(-c3ccc(-c4cnc(C)o4)c(OC)c3)nnc21. The van der Waals surface area contributed by atoms with E-state index in [0.717, 1.165) is 6.07 Å². The number of carbonyl (C=O) groups excluding carboxylic acids is 2. The van der Waals surface area contributed by atoms with Crippen molar-refractivity contribution >= 4 is 11.9 Å². The summed E-state index contributed by atoms with van der Waals surface area (Å²) in [6.45, 7) is 6.72. The number of halogens is 2. The van der Waals surface area contributed by atoms with Crippen LogP contribution in [0.4, 0.5) is 8.78 Å². The van der Waals surface area contributed by atoms with Crippen molar-refractivity contribution in [3.05, 3.63) is 64.9 Å². The number of hydrogen-bond acceptors (Lipinski definition) is 10. The number of esters is 2. The zero-order chi connectivity index (χ0) is 31.6. The maximum Gasteiger partial charge on any atom is 0.358 e. The van der Waals surface area contributed by atoms with Gasteiger partial charge in [0.2, 0.25) is 0 Å². The fraction of sp³-hybridized carbons (Fsp3) is 0.387. The first-order valence-corrected chi connectivity index (χ1v) is 14.2. The summed E-state index contributed by atoms with van der Waals surface area (Å²) >= 11 is 0. The highest BCUT2D eigenvalue weighted by atomic mass is 19.1. The maximum atomic E-state index is 15.7. The van der Waals surface area contributed by atoms with Gasteiger partial charge in [0.1, 0.15) is 11.6 Å². The Morgan fingerprint density at radius 2 is 1.86 bits per heavy atom. The van der Waals surface area contributed by atoms with Crippen molar-refractivity contribution in [3.63, 3.8) is 0 Å². The molecule has 11 nitrogen and oxygen atoms in total. The van der Waals surface area contributed by atoms with Gasteiger partial charge in [0, 0.05) is 36.6 Å². The Kier molecular flexibility index (Phi) is 8.66. The van der Waals surface area contributed by atoms with Crippen molar-refractivity contribution in [2.24, 2.45) is 0 Å². The van der Waals surface area contributed by atoms with Crippen LogP contribution in [0.2, 0.25) is 0 Å². The lowest BCUT2D eigenvalue weighted by Crippen LogP contribution is -2.48. The topological polar surface area (TPSA) is 128 Å². The van der Waals surface area contributed by atoms with E-state index in [4.69, 9.17) is 23.4 Å². The molecule has 13 heteroatoms. The van der Waals surface area contributed by atoms with Crippen LogP contribution < -0.4 is 9.47 Å². The predicted molar refractivity (Wildman–Crippen MR) is 152 cm³/mol. The molecule has 0 bridgehead atoms. The second-order valence-electron chi connectivity index (χ2n) is 10.2. The fourth-order valence-electron chi connectivity index (χ4n) is 5.25. The number of methoxy groups -OCH3 is 1. The van der Waals surface area contributed by atoms with E-state index in [9.17, 15) is 14.0 Å². The number of hydrogen-bond donors (Lipinski definition) is 0. The number of ether oxygens (including phenoxy) is 4. The molecule has 2 aromatic heterocycles. The van der Waals surface area contributed by atoms with Crippen molar-refractivity contribution in [2.45, 2.75) is 59.1 Å². The molecule has 0 saturated carbocycles. The zero-order valence-corrected chi connectivity index (χ0v) is 25.0. The Labute approximate surface area is 252 Å². The summed E-state index contributed by atoms with van der Waals surface area (Å²) in [5, 5.41) is 8.73. The van der Waals surface area contributed by atoms with Crippen LogP contribution in [-0.2, 0) is 37.6 Å². The van der Waals surface area contributed by atoms with Gasteiger partial charge in [-0.25, -0.2) is 18.6 Å². The second-order valence-corrected chi connectivity index (χ2v) is 10.2. The van der Waals surface area contributed by atoms with Gasteiger partial charge in [-0.15, -0.1) is 10.2 Å². The molecule has 0 N–H and O–H groups in total. The van der Waals surface area contributed by atoms with Gasteiger partial charge in [0.15, 0.2) is 34.9 Å². The maximum absolute atomic E-state index is 15.7. The summed E-state index contributed by atoms with van der Waals surface area (Å²) < 4.78 is 60.0. The van der Waals surface area contributed by atoms with Gasteiger partial charge in [-0.3, -0.25) is 4.79 Å². The third kappa shape index (κ3) is 5.49. The lowest BCUT2D eigenvalue weighted by molar-refractivity contribution is -0.166. The zero-order valence-electron chi connectivity index (χ0n) is 25.0. The molecule has 0 aliphatic carbocycles. The molecule has 44 heavy (non-hydrogen) atoms. The van der Waals surface area contributed by atoms with Gasteiger partial charge in [0.25, 0.3) is 5.60 Å². The first-order chi connectivity index (χ1) is 21.1. The van der Waals surface area contributed by atoms with Crippen LogP contribution in [0.5, 0.6) is 11.5 Å². The minimum Gasteiger partial charge on any atom is -0.496 e. The molecule has 232 valence electrons. The predicted octanol–water partition coefficient (Wildman–Crippen LogP) is 5.24. The number of carbonyl (C=O) groups is 2. The molecule has 0 radical (unpaired) electrons. The van der Waals surface area contributed by atoms with Crippen LogP contribution in [0.25, 0.3) is 22.7 Å². The number of nitrogens with zero attached hydrogens (tertiary/aromatic N) is 4. The van der Waals surface area contributed by atoms with Crippen molar-refractivity contribution in [2.75, 3.05) is 20.3 Å². The number of rotatable bonds is 10. The molecular formula is C31H32F2N4O7. The smallest absolute Gasteiger partial charge is 0.358 e. The summed E-state index contributed by atoms with van der Waals surface area (Å²) in [6.07, 6.45) is 1.58. The van der Waals surface area contributed by atoms with Crippen LogP contribution in [0.1, 0.15) is 49.5 Å². The number of benzene rings is 2. The first kappa shape index (κ1) is 30.6. The van der Waals surface area contributed by atoms with E-state index in [1.165, 1.54) is 14.0 Å². The van der Waals surface area contributed by atoms with E-state index in [1.54, 1.807) is 49.7 Å². The van der Waals surface area contributed by atoms with Gasteiger partial charge in [0.05, 0.1) is 38.5 Å². The largest absolute Gasteiger partial charge is 0.496 e. The molecule has 0 saturated heterocycles. The van der Waals surface area contributed by atoms with Gasteiger partial charge in [-0.05, 0) is 45.4 Å². The van der Waals surface area contributed by atoms with E-state index in [1.807, 2.05) is 0 Å². The minimum atomic E-state index is -1.95. The highest BCUT2D eigenvalue weighted by Gasteiger charge is 2.52. The standard InChI is InChI=1S/C31H32F2N4O7/c1-6-41-25(38)15-20-13-22(32)17(3)26(33)27(20)44-31(30(39)42-7-2)11-8-12-37-28(35-36-29(31)37)19-9-10-21(23(14-19)40-5)24-16-34-18(4)43-24/h9-10,13-14,16H,6-8,11-12,15H2,1-5H3. The van der Waals surface area contributed by atoms with Crippen LogP contribution in [-0.4, -0.2) is 52.0 Å². The molecular weight excluding hydrogens is 578 g/mol. The molecule has 1 atom stereocenters. The van der Waals surface area contributed by atoms with E-state index in [2.05, 4.69) is 15.2 Å². The number of aryl methyl sites for hydroxylation is 1. The quantitative estimate of drug-likeness (QED) is 0.220. The van der Waals surface area contributed by atoms with Gasteiger partial charge in [-0.1, -0.05) is 6.07 Å². The van der Waals surface area contributed by atoms with E-state index in [-0.39, 0.29) is 36.6 Å². The summed E-state index contributed by atoms with van der Waals surface area (Å²) in [6, 6.07) is 6.36. The third-order valence-corrected chi connectivity index (χ3v) is 7.37. The van der Waals surface area contributed by atoms with Crippen molar-refractivity contribution < 1.29 is 41.7 Å². The summed E-state index contributed by atoms with van der Waals surface area (Å²) in [5.74, 6) is -1.91. The number of fused-ring (bicyclic) bond motifs is 1. The normalized spacial score (nSPS) is 15.9. The minimum absolute atomic E-state index is 0.00528. The Balaban J connectivity index is 1.62. The molecule has 1 aliphatic heterocycles. The van der Waals surface area contributed by atoms with Crippen molar-refractivity contribution in [1.29, 1.82) is 0 Å². The average Bonchev–Trinajstić information content (AvgIpc) is 3.65. The van der Waals surface area contributed by atoms with Crippen LogP contribution in [0.3, 0.4) is 0 Å². The highest BCUT2D eigenvalue weighted by molar-refractivity contribution is 5.82. The fourth-order valence-corrected chi connectivity index (χ4v) is 5.25. The molecule has 3 heterocycles. The van der Waals surface area contributed by atoms with Crippen molar-refractivity contribution in [3.8, 4) is 34.2 Å². The first-order valence-electron chi connectivity index (χ1n) is 14.2. The lowest BCUT2D eigenvalue weighted by Gasteiger charge is -2.35. The Hall–Kier alpha value is -4.81. The van der Waals surface area contributed by atoms with E-state index in [0.29, 0.717) is 47.3 Å². The molecule has 5 rings (SSSR count). The molecule has 0 spiro atoms. The van der Waals surface area contributed by atoms with Gasteiger partial charge in [-0.2, -0.15) is 0 Å². The van der Waals surface area contributed by atoms with E-state index >= 15 is 4.39 Å².